The second kappa shape index (κ2) is 7.25. The summed E-state index contributed by atoms with van der Waals surface area (Å²) in [5.74, 6) is 0. The molecule has 0 saturated heterocycles. The van der Waals surface area contributed by atoms with E-state index in [1.807, 2.05) is 11.3 Å². The summed E-state index contributed by atoms with van der Waals surface area (Å²) < 4.78 is 6.18. The van der Waals surface area contributed by atoms with Crippen molar-refractivity contribution in [2.24, 2.45) is 0 Å². The van der Waals surface area contributed by atoms with Crippen LogP contribution >= 0.6 is 61.3 Å². The number of hydrogen-bond donors (Lipinski definition) is 1. The van der Waals surface area contributed by atoms with Gasteiger partial charge in [0.05, 0.1) is 14.0 Å². The van der Waals surface area contributed by atoms with Gasteiger partial charge in [0.2, 0.25) is 0 Å². The molecule has 27 heavy (non-hydrogen) atoms. The number of unbranched alkanes of at least 4 members (excludes halogenated alkanes) is 1. The summed E-state index contributed by atoms with van der Waals surface area (Å²) in [6.45, 7) is 2.23. The molecule has 0 amide bonds. The molecule has 5 aromatic rings. The zero-order valence-corrected chi connectivity index (χ0v) is 19.5. The summed E-state index contributed by atoms with van der Waals surface area (Å²) in [4.78, 5) is 3.48. The number of thiophene rings is 4. The van der Waals surface area contributed by atoms with Gasteiger partial charge >= 0.3 is 0 Å². The molecule has 4 aromatic heterocycles. The fraction of sp³-hybridized carbons (Fsp3) is 0.238. The summed E-state index contributed by atoms with van der Waals surface area (Å²) in [7, 11) is 0. The Balaban J connectivity index is 1.52. The highest BCUT2D eigenvalue weighted by atomic mass is 79.9. The van der Waals surface area contributed by atoms with Crippen molar-refractivity contribution in [3.05, 3.63) is 54.8 Å². The Morgan fingerprint density at radius 3 is 2.67 bits per heavy atom. The summed E-state index contributed by atoms with van der Waals surface area (Å²) in [5.41, 5.74) is 0. The maximum absolute atomic E-state index is 11.1. The minimum atomic E-state index is -0.571. The zero-order valence-electron chi connectivity index (χ0n) is 14.6. The second-order valence-electron chi connectivity index (χ2n) is 6.69. The largest absolute Gasteiger partial charge is 0.382 e. The Morgan fingerprint density at radius 1 is 1.00 bits per heavy atom. The van der Waals surface area contributed by atoms with E-state index in [2.05, 4.69) is 58.6 Å². The first-order chi connectivity index (χ1) is 13.1. The van der Waals surface area contributed by atoms with Crippen molar-refractivity contribution >= 4 is 90.8 Å². The summed E-state index contributed by atoms with van der Waals surface area (Å²) in [5, 5.41) is 15.7. The van der Waals surface area contributed by atoms with Gasteiger partial charge in [-0.25, -0.2) is 0 Å². The molecule has 1 atom stereocenters. The van der Waals surface area contributed by atoms with Crippen LogP contribution in [-0.4, -0.2) is 5.11 Å². The van der Waals surface area contributed by atoms with Gasteiger partial charge in [-0.3, -0.25) is 0 Å². The third-order valence-corrected chi connectivity index (χ3v) is 10.7. The molecule has 0 aliphatic heterocycles. The van der Waals surface area contributed by atoms with Crippen molar-refractivity contribution in [2.45, 2.75) is 32.3 Å². The molecule has 1 nitrogen and oxygen atoms in total. The van der Waals surface area contributed by atoms with Gasteiger partial charge in [-0.15, -0.1) is 45.3 Å². The van der Waals surface area contributed by atoms with Gasteiger partial charge in [-0.2, -0.15) is 0 Å². The number of aliphatic hydroxyl groups is 1. The normalized spacial score (nSPS) is 13.3. The first-order valence-corrected chi connectivity index (χ1v) is 13.1. The van der Waals surface area contributed by atoms with Gasteiger partial charge in [0.1, 0.15) is 6.10 Å². The average Bonchev–Trinajstić information content (AvgIpc) is 3.41. The molecule has 1 aromatic carbocycles. The van der Waals surface area contributed by atoms with Crippen LogP contribution in [0, 0.1) is 0 Å². The van der Waals surface area contributed by atoms with Crippen LogP contribution in [0.15, 0.2) is 40.2 Å². The predicted octanol–water partition coefficient (Wildman–Crippen LogP) is 8.58. The second-order valence-corrected chi connectivity index (χ2v) is 11.8. The number of hydrogen-bond acceptors (Lipinski definition) is 5. The maximum Gasteiger partial charge on any atom is 0.124 e. The summed E-state index contributed by atoms with van der Waals surface area (Å²) in [6, 6.07) is 11.1. The molecule has 138 valence electrons. The molecule has 0 radical (unpaired) electrons. The van der Waals surface area contributed by atoms with Crippen LogP contribution in [0.1, 0.15) is 40.5 Å². The summed E-state index contributed by atoms with van der Waals surface area (Å²) >= 11 is 10.8. The average molecular weight is 494 g/mol. The van der Waals surface area contributed by atoms with Gasteiger partial charge in [0.25, 0.3) is 0 Å². The minimum absolute atomic E-state index is 0.571. The molecular formula is C21H17BrOS4. The molecule has 5 rings (SSSR count). The highest BCUT2D eigenvalue weighted by Gasteiger charge is 2.22. The van der Waals surface area contributed by atoms with Crippen molar-refractivity contribution in [3.8, 4) is 0 Å². The lowest BCUT2D eigenvalue weighted by atomic mass is 10.2. The standard InChI is InChI=1S/C21H17BrOS4/c1-2-3-4-13-10-17-20(25-13)18(22)21(27-17)19(23)16-9-12-8-14-11(5-6-24-14)7-15(12)26-16/h5-10,19,23H,2-4H2,1H3. The molecule has 6 heteroatoms. The van der Waals surface area contributed by atoms with Crippen molar-refractivity contribution in [1.82, 2.24) is 0 Å². The molecular weight excluding hydrogens is 476 g/mol. The number of halogens is 1. The van der Waals surface area contributed by atoms with E-state index in [0.29, 0.717) is 0 Å². The molecule has 4 heterocycles. The Morgan fingerprint density at radius 2 is 1.85 bits per heavy atom. The van der Waals surface area contributed by atoms with Crippen LogP contribution in [0.4, 0.5) is 0 Å². The highest BCUT2D eigenvalue weighted by molar-refractivity contribution is 9.10. The first kappa shape index (κ1) is 18.3. The Bertz CT molecular complexity index is 1210. The first-order valence-electron chi connectivity index (χ1n) is 8.93. The smallest absolute Gasteiger partial charge is 0.124 e. The zero-order chi connectivity index (χ0) is 18.5. The molecule has 0 aliphatic carbocycles. The Hall–Kier alpha value is -0.760. The summed E-state index contributed by atoms with van der Waals surface area (Å²) in [6.07, 6.45) is 3.04. The molecule has 1 N–H and O–H groups in total. The quantitative estimate of drug-likeness (QED) is 0.260. The van der Waals surface area contributed by atoms with E-state index in [-0.39, 0.29) is 0 Å². The van der Waals surface area contributed by atoms with Crippen molar-refractivity contribution < 1.29 is 5.11 Å². The van der Waals surface area contributed by atoms with E-state index in [0.717, 1.165) is 20.6 Å². The number of aliphatic hydroxyl groups excluding tert-OH is 1. The third kappa shape index (κ3) is 3.20. The lowest BCUT2D eigenvalue weighted by Crippen LogP contribution is -1.94. The van der Waals surface area contributed by atoms with Gasteiger partial charge < -0.3 is 5.11 Å². The van der Waals surface area contributed by atoms with Gasteiger partial charge in [-0.1, -0.05) is 13.3 Å². The molecule has 0 fully saturated rings. The maximum atomic E-state index is 11.1. The third-order valence-electron chi connectivity index (χ3n) is 4.79. The van der Waals surface area contributed by atoms with E-state index in [1.54, 1.807) is 34.0 Å². The topological polar surface area (TPSA) is 20.2 Å². The molecule has 0 bridgehead atoms. The van der Waals surface area contributed by atoms with Crippen LogP contribution in [-0.2, 0) is 6.42 Å². The fourth-order valence-corrected chi connectivity index (χ4v) is 8.88. The van der Waals surface area contributed by atoms with E-state index in [9.17, 15) is 5.11 Å². The van der Waals surface area contributed by atoms with Gasteiger partial charge in [-0.05, 0) is 75.3 Å². The van der Waals surface area contributed by atoms with Crippen LogP contribution in [0.2, 0.25) is 0 Å². The number of fused-ring (bicyclic) bond motifs is 3. The monoisotopic (exact) mass is 492 g/mol. The van der Waals surface area contributed by atoms with Crippen LogP contribution in [0.25, 0.3) is 29.6 Å². The lowest BCUT2D eigenvalue weighted by Gasteiger charge is -2.06. The van der Waals surface area contributed by atoms with E-state index in [1.165, 1.54) is 47.3 Å². The van der Waals surface area contributed by atoms with E-state index in [4.69, 9.17) is 0 Å². The molecule has 0 saturated carbocycles. The van der Waals surface area contributed by atoms with E-state index >= 15 is 0 Å². The van der Waals surface area contributed by atoms with Crippen LogP contribution in [0.3, 0.4) is 0 Å². The molecule has 1 unspecified atom stereocenters. The lowest BCUT2D eigenvalue weighted by molar-refractivity contribution is 0.227. The number of benzene rings is 1. The molecule has 0 spiro atoms. The van der Waals surface area contributed by atoms with Crippen molar-refractivity contribution in [3.63, 3.8) is 0 Å². The van der Waals surface area contributed by atoms with Crippen LogP contribution < -0.4 is 0 Å². The molecule has 0 aliphatic rings. The minimum Gasteiger partial charge on any atom is -0.382 e. The van der Waals surface area contributed by atoms with E-state index < -0.39 is 6.10 Å². The van der Waals surface area contributed by atoms with Crippen molar-refractivity contribution in [2.75, 3.05) is 0 Å². The highest BCUT2D eigenvalue weighted by Crippen LogP contribution is 2.47. The van der Waals surface area contributed by atoms with Gasteiger partial charge in [0.15, 0.2) is 0 Å². The van der Waals surface area contributed by atoms with Gasteiger partial charge in [0, 0.05) is 23.9 Å². The Kier molecular flexibility index (Phi) is 4.91. The Labute approximate surface area is 182 Å². The number of rotatable bonds is 5. The number of aryl methyl sites for hydroxylation is 1. The SMILES string of the molecule is CCCCc1cc2sc(C(O)c3cc4cc5sccc5cc4s3)c(Br)c2s1. The predicted molar refractivity (Wildman–Crippen MR) is 127 cm³/mol. The van der Waals surface area contributed by atoms with Crippen LogP contribution in [0.5, 0.6) is 0 Å². The fourth-order valence-electron chi connectivity index (χ4n) is 3.36. The van der Waals surface area contributed by atoms with Crippen molar-refractivity contribution in [1.29, 1.82) is 0 Å².